The first-order chi connectivity index (χ1) is 16.4. The second-order valence-corrected chi connectivity index (χ2v) is 10.3. The highest BCUT2D eigenvalue weighted by Crippen LogP contribution is 2.32. The third kappa shape index (κ3) is 6.93. The molecule has 0 fully saturated rings. The number of aliphatic imine (C=N–C) groups is 1. The average molecular weight is 524 g/mol. The zero-order chi connectivity index (χ0) is 25.8. The summed E-state index contributed by atoms with van der Waals surface area (Å²) >= 11 is 1.12. The van der Waals surface area contributed by atoms with E-state index in [1.165, 1.54) is 43.4 Å². The zero-order valence-electron chi connectivity index (χ0n) is 18.5. The van der Waals surface area contributed by atoms with Crippen molar-refractivity contribution in [3.05, 3.63) is 77.3 Å². The summed E-state index contributed by atoms with van der Waals surface area (Å²) in [5.74, 6) is 0.141. The van der Waals surface area contributed by atoms with Crippen molar-refractivity contribution in [2.45, 2.75) is 11.1 Å². The second-order valence-electron chi connectivity index (χ2n) is 7.20. The molecule has 0 aliphatic carbocycles. The molecule has 1 amide bonds. The molecule has 3 aromatic rings. The van der Waals surface area contributed by atoms with E-state index in [9.17, 15) is 26.4 Å². The van der Waals surface area contributed by atoms with E-state index in [0.29, 0.717) is 15.3 Å². The molecule has 0 aliphatic rings. The number of hydrogen-bond donors (Lipinski definition) is 2. The molecule has 1 heterocycles. The van der Waals surface area contributed by atoms with Gasteiger partial charge in [0.25, 0.3) is 0 Å². The minimum atomic E-state index is -4.77. The summed E-state index contributed by atoms with van der Waals surface area (Å²) in [7, 11) is -2.06. The fourth-order valence-electron chi connectivity index (χ4n) is 2.81. The van der Waals surface area contributed by atoms with E-state index in [2.05, 4.69) is 10.3 Å². The summed E-state index contributed by atoms with van der Waals surface area (Å²) in [5.41, 5.74) is 4.64. The van der Waals surface area contributed by atoms with Gasteiger partial charge in [-0.1, -0.05) is 18.2 Å². The van der Waals surface area contributed by atoms with Crippen LogP contribution in [-0.4, -0.2) is 39.7 Å². The smallest absolute Gasteiger partial charge is 0.410 e. The minimum absolute atomic E-state index is 0.0764. The molecule has 35 heavy (non-hydrogen) atoms. The molecule has 0 saturated heterocycles. The van der Waals surface area contributed by atoms with Crippen LogP contribution < -0.4 is 15.8 Å². The van der Waals surface area contributed by atoms with Crippen LogP contribution in [0.5, 0.6) is 5.75 Å². The Bertz CT molecular complexity index is 1410. The lowest BCUT2D eigenvalue weighted by molar-refractivity contribution is -0.0925. The van der Waals surface area contributed by atoms with Gasteiger partial charge in [0.2, 0.25) is 0 Å². The van der Waals surface area contributed by atoms with E-state index in [0.717, 1.165) is 23.7 Å². The van der Waals surface area contributed by atoms with Gasteiger partial charge in [0, 0.05) is 24.2 Å². The second kappa shape index (κ2) is 10.3. The molecule has 0 saturated carbocycles. The third-order valence-corrected chi connectivity index (χ3v) is 6.77. The molecule has 0 unspecified atom stereocenters. The molecule has 0 radical (unpaired) electrons. The maximum atomic E-state index is 13.2. The van der Waals surface area contributed by atoms with Crippen molar-refractivity contribution in [3.8, 4) is 16.2 Å². The number of nitrogens with two attached hydrogens (primary N) is 1. The van der Waals surface area contributed by atoms with Crippen molar-refractivity contribution in [1.29, 1.82) is 0 Å². The Hall–Kier alpha value is -3.64. The Morgan fingerprint density at radius 3 is 2.49 bits per heavy atom. The zero-order valence-corrected chi connectivity index (χ0v) is 20.1. The van der Waals surface area contributed by atoms with E-state index >= 15 is 0 Å². The van der Waals surface area contributed by atoms with Crippen LogP contribution in [0.1, 0.15) is 4.88 Å². The number of allylic oxidation sites excluding steroid dienone is 2. The third-order valence-electron chi connectivity index (χ3n) is 4.51. The number of hydrogen-bond acceptors (Lipinski definition) is 7. The summed E-state index contributed by atoms with van der Waals surface area (Å²) in [6.45, 7) is 0. The summed E-state index contributed by atoms with van der Waals surface area (Å²) in [6.07, 6.45) is -3.68. The molecule has 0 aliphatic heterocycles. The maximum absolute atomic E-state index is 13.2. The lowest BCUT2D eigenvalue weighted by atomic mass is 10.2. The Morgan fingerprint density at radius 1 is 1.11 bits per heavy atom. The van der Waals surface area contributed by atoms with Gasteiger partial charge in [-0.3, -0.25) is 0 Å². The predicted molar refractivity (Wildman–Crippen MR) is 129 cm³/mol. The minimum Gasteiger partial charge on any atom is -0.410 e. The van der Waals surface area contributed by atoms with E-state index < -0.39 is 27.8 Å². The molecular weight excluding hydrogens is 503 g/mol. The van der Waals surface area contributed by atoms with Crippen molar-refractivity contribution in [3.63, 3.8) is 0 Å². The van der Waals surface area contributed by atoms with Gasteiger partial charge in [0.15, 0.2) is 9.84 Å². The first-order valence-corrected chi connectivity index (χ1v) is 12.6. The van der Waals surface area contributed by atoms with E-state index in [1.54, 1.807) is 24.3 Å². The number of carbonyl (C=O) groups is 1. The molecule has 12 heteroatoms. The number of carbonyl (C=O) groups excluding carboxylic acids is 1. The highest BCUT2D eigenvalue weighted by atomic mass is 32.2. The number of sulfone groups is 1. The Balaban J connectivity index is 2.07. The van der Waals surface area contributed by atoms with Crippen LogP contribution in [0.2, 0.25) is 0 Å². The molecule has 0 spiro atoms. The normalized spacial score (nSPS) is 12.9. The monoisotopic (exact) mass is 523 g/mol. The molecule has 0 bridgehead atoms. The first-order valence-electron chi connectivity index (χ1n) is 9.90. The number of nitrogens with zero attached hydrogens (tertiary/aromatic N) is 1. The van der Waals surface area contributed by atoms with Crippen LogP contribution in [0.15, 0.2) is 82.3 Å². The van der Waals surface area contributed by atoms with Crippen molar-refractivity contribution >= 4 is 38.7 Å². The molecular formula is C23H20F3N3O4S2. The molecule has 2 aromatic carbocycles. The van der Waals surface area contributed by atoms with Crippen LogP contribution in [0.25, 0.3) is 10.4 Å². The number of halogens is 3. The van der Waals surface area contributed by atoms with Crippen LogP contribution in [0, 0.1) is 0 Å². The number of rotatable bonds is 6. The predicted octanol–water partition coefficient (Wildman–Crippen LogP) is 5.06. The van der Waals surface area contributed by atoms with E-state index in [-0.39, 0.29) is 22.0 Å². The molecule has 3 N–H and O–H groups in total. The molecule has 7 nitrogen and oxygen atoms in total. The van der Waals surface area contributed by atoms with Gasteiger partial charge in [0.1, 0.15) is 11.4 Å². The van der Waals surface area contributed by atoms with E-state index in [4.69, 9.17) is 10.5 Å². The van der Waals surface area contributed by atoms with Gasteiger partial charge in [-0.2, -0.15) is 13.2 Å². The molecule has 1 aromatic heterocycles. The van der Waals surface area contributed by atoms with Crippen LogP contribution in [-0.2, 0) is 9.84 Å². The van der Waals surface area contributed by atoms with Gasteiger partial charge in [0.05, 0.1) is 21.2 Å². The van der Waals surface area contributed by atoms with Gasteiger partial charge >= 0.3 is 12.3 Å². The van der Waals surface area contributed by atoms with Gasteiger partial charge in [-0.15, -0.1) is 11.3 Å². The summed E-state index contributed by atoms with van der Waals surface area (Å²) in [5, 5.41) is 2.29. The fourth-order valence-corrected chi connectivity index (χ4v) is 4.44. The van der Waals surface area contributed by atoms with Gasteiger partial charge in [-0.05, 0) is 48.0 Å². The van der Waals surface area contributed by atoms with Crippen molar-refractivity contribution < 1.29 is 31.1 Å². The summed E-state index contributed by atoms with van der Waals surface area (Å²) < 4.78 is 68.3. The number of nitrogens with one attached hydrogen (secondary N) is 1. The Kier molecular flexibility index (Phi) is 7.66. The van der Waals surface area contributed by atoms with Crippen LogP contribution in [0.3, 0.4) is 0 Å². The first kappa shape index (κ1) is 26.0. The average Bonchev–Trinajstić information content (AvgIpc) is 3.28. The number of amides is 1. The number of alkyl halides is 3. The number of thiophene rings is 1. The standard InChI is InChI=1S/C23H20F3N3O4S2/c1-28-22(30)33-16-7-4-6-15(12-16)29-18(13-21(27)23(24,25)26)20-10-9-19(34-20)14-5-3-8-17(11-14)35(2,31)32/h3-13H,27H2,1-2H3,(H,28,30). The molecule has 184 valence electrons. The summed E-state index contributed by atoms with van der Waals surface area (Å²) in [4.78, 5) is 16.9. The lowest BCUT2D eigenvalue weighted by Gasteiger charge is -2.08. The molecule has 3 rings (SSSR count). The van der Waals surface area contributed by atoms with Crippen molar-refractivity contribution in [2.24, 2.45) is 10.7 Å². The summed E-state index contributed by atoms with van der Waals surface area (Å²) in [6, 6.07) is 15.4. The largest absolute Gasteiger partial charge is 0.430 e. The van der Waals surface area contributed by atoms with Crippen molar-refractivity contribution in [1.82, 2.24) is 5.32 Å². The highest BCUT2D eigenvalue weighted by molar-refractivity contribution is 7.90. The van der Waals surface area contributed by atoms with Crippen molar-refractivity contribution in [2.75, 3.05) is 13.3 Å². The Morgan fingerprint density at radius 2 is 1.83 bits per heavy atom. The Labute approximate surface area is 203 Å². The topological polar surface area (TPSA) is 111 Å². The van der Waals surface area contributed by atoms with E-state index in [1.807, 2.05) is 0 Å². The fraction of sp³-hybridized carbons (Fsp3) is 0.130. The molecule has 0 atom stereocenters. The maximum Gasteiger partial charge on any atom is 0.430 e. The number of benzene rings is 2. The highest BCUT2D eigenvalue weighted by Gasteiger charge is 2.32. The lowest BCUT2D eigenvalue weighted by Crippen LogP contribution is -2.21. The van der Waals surface area contributed by atoms with Crippen LogP contribution >= 0.6 is 11.3 Å². The number of ether oxygens (including phenoxy) is 1. The van der Waals surface area contributed by atoms with Gasteiger partial charge < -0.3 is 15.8 Å². The SMILES string of the molecule is CNC(=O)Oc1cccc(N=C(C=C(N)C(F)(F)F)c2ccc(-c3cccc(S(C)(=O)=O)c3)s2)c1. The quantitative estimate of drug-likeness (QED) is 0.439. The van der Waals surface area contributed by atoms with Crippen LogP contribution in [0.4, 0.5) is 23.7 Å². The van der Waals surface area contributed by atoms with Gasteiger partial charge in [-0.25, -0.2) is 18.2 Å².